The number of hydrogen-bond acceptors (Lipinski definition) is 5. The summed E-state index contributed by atoms with van der Waals surface area (Å²) in [6.07, 6.45) is 3.09. The van der Waals surface area contributed by atoms with Crippen LogP contribution in [0.3, 0.4) is 0 Å². The fourth-order valence-corrected chi connectivity index (χ4v) is 4.72. The highest BCUT2D eigenvalue weighted by molar-refractivity contribution is 9.10. The number of rotatable bonds is 1. The minimum absolute atomic E-state index is 0.0384. The van der Waals surface area contributed by atoms with Crippen molar-refractivity contribution in [2.45, 2.75) is 51.9 Å². The number of aromatic nitrogens is 1. The number of likely N-dealkylation sites (tertiary alicyclic amines) is 1. The summed E-state index contributed by atoms with van der Waals surface area (Å²) in [6.45, 7) is 6.93. The third-order valence-electron chi connectivity index (χ3n) is 5.27. The van der Waals surface area contributed by atoms with Crippen molar-refractivity contribution < 1.29 is 19.1 Å². The van der Waals surface area contributed by atoms with Gasteiger partial charge in [-0.15, -0.1) is 0 Å². The molecule has 1 saturated carbocycles. The third-order valence-corrected chi connectivity index (χ3v) is 5.87. The molecule has 3 heterocycles. The average molecular weight is 425 g/mol. The van der Waals surface area contributed by atoms with Crippen molar-refractivity contribution >= 4 is 28.0 Å². The summed E-state index contributed by atoms with van der Waals surface area (Å²) >= 11 is 3.38. The zero-order valence-corrected chi connectivity index (χ0v) is 16.6. The highest BCUT2D eigenvalue weighted by Gasteiger charge is 2.55. The van der Waals surface area contributed by atoms with Gasteiger partial charge < -0.3 is 18.9 Å². The molecule has 1 spiro atoms. The maximum absolute atomic E-state index is 12.7. The number of esters is 1. The predicted octanol–water partition coefficient (Wildman–Crippen LogP) is 2.85. The Morgan fingerprint density at radius 1 is 1.31 bits per heavy atom. The molecule has 26 heavy (non-hydrogen) atoms. The molecule has 1 aliphatic carbocycles. The van der Waals surface area contributed by atoms with Gasteiger partial charge in [-0.25, -0.2) is 9.59 Å². The van der Waals surface area contributed by atoms with Gasteiger partial charge in [0.2, 0.25) is 0 Å². The zero-order chi connectivity index (χ0) is 18.9. The van der Waals surface area contributed by atoms with Crippen LogP contribution in [0.15, 0.2) is 15.5 Å². The molecule has 1 aromatic rings. The summed E-state index contributed by atoms with van der Waals surface area (Å²) in [6, 6.07) is 0.0839. The monoisotopic (exact) mass is 424 g/mol. The van der Waals surface area contributed by atoms with Crippen LogP contribution < -0.4 is 5.56 Å². The fraction of sp³-hybridized carbons (Fsp3) is 0.611. The Morgan fingerprint density at radius 3 is 2.58 bits per heavy atom. The second-order valence-corrected chi connectivity index (χ2v) is 9.37. The summed E-state index contributed by atoms with van der Waals surface area (Å²) < 4.78 is 12.7. The van der Waals surface area contributed by atoms with Gasteiger partial charge in [-0.2, -0.15) is 0 Å². The lowest BCUT2D eigenvalue weighted by Gasteiger charge is -2.58. The van der Waals surface area contributed by atoms with Gasteiger partial charge in [-0.05, 0) is 49.5 Å². The standard InChI is InChI=1S/C18H21BrN2O5/c1-17(2,3)26-16(24)20-8-18(9-20)4-10(5-18)21-6-12(19)13-11(14(21)22)7-25-15(13)23/h6,10H,4-5,7-9H2,1-3H3. The number of carbonyl (C=O) groups excluding carboxylic acids is 2. The van der Waals surface area contributed by atoms with Crippen LogP contribution in [0.25, 0.3) is 0 Å². The van der Waals surface area contributed by atoms with Crippen LogP contribution in [0, 0.1) is 5.41 Å². The lowest BCUT2D eigenvalue weighted by Crippen LogP contribution is -2.64. The van der Waals surface area contributed by atoms with Gasteiger partial charge in [-0.3, -0.25) is 4.79 Å². The van der Waals surface area contributed by atoms with Crippen molar-refractivity contribution in [1.29, 1.82) is 0 Å². The molecule has 1 saturated heterocycles. The van der Waals surface area contributed by atoms with E-state index < -0.39 is 11.6 Å². The maximum Gasteiger partial charge on any atom is 0.410 e. The van der Waals surface area contributed by atoms with Gasteiger partial charge in [0.25, 0.3) is 5.56 Å². The van der Waals surface area contributed by atoms with Crippen LogP contribution in [0.4, 0.5) is 4.79 Å². The van der Waals surface area contributed by atoms with Gasteiger partial charge in [0.15, 0.2) is 0 Å². The smallest absolute Gasteiger partial charge is 0.410 e. The number of nitrogens with zero attached hydrogens (tertiary/aromatic N) is 2. The van der Waals surface area contributed by atoms with Crippen molar-refractivity contribution in [3.8, 4) is 0 Å². The second kappa shape index (κ2) is 5.58. The minimum Gasteiger partial charge on any atom is -0.457 e. The Hall–Kier alpha value is -1.83. The largest absolute Gasteiger partial charge is 0.457 e. The van der Waals surface area contributed by atoms with Crippen LogP contribution in [0.5, 0.6) is 0 Å². The molecule has 2 fully saturated rings. The van der Waals surface area contributed by atoms with Gasteiger partial charge in [0.1, 0.15) is 12.2 Å². The molecule has 0 bridgehead atoms. The Labute approximate surface area is 159 Å². The number of pyridine rings is 1. The number of carbonyl (C=O) groups is 2. The zero-order valence-electron chi connectivity index (χ0n) is 15.0. The summed E-state index contributed by atoms with van der Waals surface area (Å²) in [5.74, 6) is -0.451. The molecule has 7 nitrogen and oxygen atoms in total. The summed E-state index contributed by atoms with van der Waals surface area (Å²) in [7, 11) is 0. The SMILES string of the molecule is CC(C)(C)OC(=O)N1CC2(CC(n3cc(Br)c4c(c3=O)COC4=O)C2)C1. The molecule has 0 aromatic carbocycles. The molecule has 0 unspecified atom stereocenters. The van der Waals surface area contributed by atoms with Crippen molar-refractivity contribution in [1.82, 2.24) is 9.47 Å². The molecule has 1 amide bonds. The number of halogens is 1. The molecule has 0 N–H and O–H groups in total. The molecule has 3 aliphatic rings. The first-order chi connectivity index (χ1) is 12.1. The van der Waals surface area contributed by atoms with E-state index in [-0.39, 0.29) is 29.7 Å². The Kier molecular flexibility index (Phi) is 3.77. The highest BCUT2D eigenvalue weighted by atomic mass is 79.9. The van der Waals surface area contributed by atoms with Gasteiger partial charge in [0, 0.05) is 35.2 Å². The van der Waals surface area contributed by atoms with Crippen LogP contribution in [-0.4, -0.2) is 40.2 Å². The van der Waals surface area contributed by atoms with Crippen LogP contribution >= 0.6 is 15.9 Å². The lowest BCUT2D eigenvalue weighted by atomic mass is 9.60. The minimum atomic E-state index is -0.495. The third kappa shape index (κ3) is 2.74. The van der Waals surface area contributed by atoms with E-state index in [1.807, 2.05) is 20.8 Å². The molecular formula is C18H21BrN2O5. The summed E-state index contributed by atoms with van der Waals surface area (Å²) in [5.41, 5.74) is 0.205. The number of amides is 1. The van der Waals surface area contributed by atoms with E-state index in [0.717, 1.165) is 12.8 Å². The van der Waals surface area contributed by atoms with E-state index in [2.05, 4.69) is 15.9 Å². The normalized spacial score (nSPS) is 21.1. The number of ether oxygens (including phenoxy) is 2. The summed E-state index contributed by atoms with van der Waals surface area (Å²) in [5, 5.41) is 0. The molecule has 140 valence electrons. The topological polar surface area (TPSA) is 77.8 Å². The first-order valence-electron chi connectivity index (χ1n) is 8.67. The Bertz CT molecular complexity index is 856. The fourth-order valence-electron chi connectivity index (χ4n) is 4.10. The molecule has 8 heteroatoms. The van der Waals surface area contributed by atoms with E-state index in [4.69, 9.17) is 9.47 Å². The first-order valence-corrected chi connectivity index (χ1v) is 9.46. The Balaban J connectivity index is 1.43. The number of hydrogen-bond donors (Lipinski definition) is 0. The molecule has 0 atom stereocenters. The van der Waals surface area contributed by atoms with Crippen molar-refractivity contribution in [3.05, 3.63) is 32.2 Å². The maximum atomic E-state index is 12.7. The molecule has 0 radical (unpaired) electrons. The highest BCUT2D eigenvalue weighted by Crippen LogP contribution is 2.54. The quantitative estimate of drug-likeness (QED) is 0.647. The molecular weight excluding hydrogens is 404 g/mol. The molecule has 4 rings (SSSR count). The molecule has 1 aromatic heterocycles. The number of cyclic esters (lactones) is 1. The van der Waals surface area contributed by atoms with E-state index in [9.17, 15) is 14.4 Å². The summed E-state index contributed by atoms with van der Waals surface area (Å²) in [4.78, 5) is 38.2. The van der Waals surface area contributed by atoms with Crippen molar-refractivity contribution in [3.63, 3.8) is 0 Å². The second-order valence-electron chi connectivity index (χ2n) is 8.52. The Morgan fingerprint density at radius 2 is 1.96 bits per heavy atom. The van der Waals surface area contributed by atoms with Crippen molar-refractivity contribution in [2.75, 3.05) is 13.1 Å². The van der Waals surface area contributed by atoms with E-state index in [1.165, 1.54) is 0 Å². The van der Waals surface area contributed by atoms with Crippen LogP contribution in [0.1, 0.15) is 55.6 Å². The predicted molar refractivity (Wildman–Crippen MR) is 96.0 cm³/mol. The van der Waals surface area contributed by atoms with E-state index >= 15 is 0 Å². The van der Waals surface area contributed by atoms with E-state index in [0.29, 0.717) is 28.7 Å². The first kappa shape index (κ1) is 17.6. The van der Waals surface area contributed by atoms with Crippen molar-refractivity contribution in [2.24, 2.45) is 5.41 Å². The lowest BCUT2D eigenvalue weighted by molar-refractivity contribution is -0.0913. The van der Waals surface area contributed by atoms with Gasteiger partial charge in [-0.1, -0.05) is 0 Å². The molecule has 2 aliphatic heterocycles. The average Bonchev–Trinajstić information content (AvgIpc) is 2.81. The van der Waals surface area contributed by atoms with Crippen LogP contribution in [0.2, 0.25) is 0 Å². The van der Waals surface area contributed by atoms with Gasteiger partial charge >= 0.3 is 12.1 Å². The number of fused-ring (bicyclic) bond motifs is 1. The van der Waals surface area contributed by atoms with Gasteiger partial charge in [0.05, 0.1) is 11.1 Å². The van der Waals surface area contributed by atoms with Crippen LogP contribution in [-0.2, 0) is 16.1 Å². The van der Waals surface area contributed by atoms with E-state index in [1.54, 1.807) is 15.7 Å².